The highest BCUT2D eigenvalue weighted by molar-refractivity contribution is 5.58. The van der Waals surface area contributed by atoms with Crippen LogP contribution in [0, 0.1) is 0 Å². The maximum absolute atomic E-state index is 8.10. The molecule has 4 heteroatoms. The molecular formula is C9H11NO3. The predicted octanol–water partition coefficient (Wildman–Crippen LogP) is 1.53. The molecule has 0 fully saturated rings. The molecule has 13 heavy (non-hydrogen) atoms. The van der Waals surface area contributed by atoms with Crippen molar-refractivity contribution < 1.29 is 14.7 Å². The fraction of sp³-hybridized carbons (Fsp3) is 0.222. The number of benzene rings is 1. The van der Waals surface area contributed by atoms with Crippen molar-refractivity contribution >= 4 is 6.21 Å². The lowest BCUT2D eigenvalue weighted by Gasteiger charge is -2.03. The second-order valence-corrected chi connectivity index (χ2v) is 2.28. The SMILES string of the molecule is COc1ccc(OCC=NO)cc1. The molecule has 70 valence electrons. The molecule has 0 spiro atoms. The van der Waals surface area contributed by atoms with Crippen LogP contribution in [0.15, 0.2) is 29.4 Å². The highest BCUT2D eigenvalue weighted by atomic mass is 16.5. The van der Waals surface area contributed by atoms with Crippen molar-refractivity contribution in [2.75, 3.05) is 13.7 Å². The molecule has 0 saturated heterocycles. The molecule has 1 N–H and O–H groups in total. The summed E-state index contributed by atoms with van der Waals surface area (Å²) in [4.78, 5) is 0. The number of ether oxygens (including phenoxy) is 2. The van der Waals surface area contributed by atoms with Crippen LogP contribution in [0.1, 0.15) is 0 Å². The van der Waals surface area contributed by atoms with Crippen LogP contribution in [0.25, 0.3) is 0 Å². The van der Waals surface area contributed by atoms with Crippen LogP contribution in [0.3, 0.4) is 0 Å². The van der Waals surface area contributed by atoms with Crippen molar-refractivity contribution in [1.29, 1.82) is 0 Å². The second kappa shape index (κ2) is 5.03. The Hall–Kier alpha value is -1.71. The van der Waals surface area contributed by atoms with E-state index in [0.717, 1.165) is 5.75 Å². The number of rotatable bonds is 4. The van der Waals surface area contributed by atoms with E-state index in [-0.39, 0.29) is 6.61 Å². The molecule has 0 aliphatic rings. The fourth-order valence-corrected chi connectivity index (χ4v) is 0.839. The molecule has 0 bridgehead atoms. The standard InChI is InChI=1S/C9H11NO3/c1-12-8-2-4-9(5-3-8)13-7-6-10-11/h2-6,11H,7H2,1H3. The zero-order chi connectivity index (χ0) is 9.52. The summed E-state index contributed by atoms with van der Waals surface area (Å²) in [5.41, 5.74) is 0. The van der Waals surface area contributed by atoms with E-state index in [9.17, 15) is 0 Å². The largest absolute Gasteiger partial charge is 0.497 e. The lowest BCUT2D eigenvalue weighted by Crippen LogP contribution is -1.97. The van der Waals surface area contributed by atoms with Crippen molar-refractivity contribution in [2.24, 2.45) is 5.16 Å². The quantitative estimate of drug-likeness (QED) is 0.435. The summed E-state index contributed by atoms with van der Waals surface area (Å²) < 4.78 is 10.2. The van der Waals surface area contributed by atoms with Crippen molar-refractivity contribution in [1.82, 2.24) is 0 Å². The van der Waals surface area contributed by atoms with Gasteiger partial charge in [0.25, 0.3) is 0 Å². The summed E-state index contributed by atoms with van der Waals surface area (Å²) >= 11 is 0. The van der Waals surface area contributed by atoms with Gasteiger partial charge in [0, 0.05) is 0 Å². The predicted molar refractivity (Wildman–Crippen MR) is 48.8 cm³/mol. The fourth-order valence-electron chi connectivity index (χ4n) is 0.839. The van der Waals surface area contributed by atoms with E-state index >= 15 is 0 Å². The van der Waals surface area contributed by atoms with E-state index in [1.165, 1.54) is 6.21 Å². The van der Waals surface area contributed by atoms with Crippen molar-refractivity contribution in [3.8, 4) is 11.5 Å². The molecule has 0 aliphatic heterocycles. The number of oxime groups is 1. The van der Waals surface area contributed by atoms with Gasteiger partial charge in [-0.1, -0.05) is 5.16 Å². The van der Waals surface area contributed by atoms with Crippen LogP contribution in [0.2, 0.25) is 0 Å². The highest BCUT2D eigenvalue weighted by Gasteiger charge is 1.92. The lowest BCUT2D eigenvalue weighted by molar-refractivity contribution is 0.312. The first-order chi connectivity index (χ1) is 6.36. The Morgan fingerprint density at radius 1 is 1.31 bits per heavy atom. The Labute approximate surface area is 76.4 Å². The van der Waals surface area contributed by atoms with Gasteiger partial charge in [-0.2, -0.15) is 0 Å². The molecule has 0 atom stereocenters. The summed E-state index contributed by atoms with van der Waals surface area (Å²) in [5, 5.41) is 10.9. The van der Waals surface area contributed by atoms with Gasteiger partial charge in [0.2, 0.25) is 0 Å². The molecule has 1 rings (SSSR count). The molecule has 0 saturated carbocycles. The molecule has 4 nitrogen and oxygen atoms in total. The van der Waals surface area contributed by atoms with Crippen LogP contribution in [0.5, 0.6) is 11.5 Å². The number of hydrogen-bond donors (Lipinski definition) is 1. The molecule has 0 radical (unpaired) electrons. The first-order valence-corrected chi connectivity index (χ1v) is 3.79. The van der Waals surface area contributed by atoms with Gasteiger partial charge < -0.3 is 14.7 Å². The average Bonchev–Trinajstić information content (AvgIpc) is 2.19. The molecule has 0 unspecified atom stereocenters. The van der Waals surface area contributed by atoms with Gasteiger partial charge in [-0.15, -0.1) is 0 Å². The van der Waals surface area contributed by atoms with Crippen LogP contribution < -0.4 is 9.47 Å². The van der Waals surface area contributed by atoms with Crippen molar-refractivity contribution in [2.45, 2.75) is 0 Å². The lowest BCUT2D eigenvalue weighted by atomic mass is 10.3. The van der Waals surface area contributed by atoms with Crippen molar-refractivity contribution in [3.05, 3.63) is 24.3 Å². The van der Waals surface area contributed by atoms with E-state index in [1.807, 2.05) is 0 Å². The third kappa shape index (κ3) is 3.02. The number of hydrogen-bond acceptors (Lipinski definition) is 4. The molecule has 0 aromatic heterocycles. The molecule has 1 aromatic carbocycles. The van der Waals surface area contributed by atoms with Gasteiger partial charge in [0.05, 0.1) is 13.3 Å². The van der Waals surface area contributed by atoms with E-state index < -0.39 is 0 Å². The Balaban J connectivity index is 2.49. The summed E-state index contributed by atoms with van der Waals surface area (Å²) in [7, 11) is 1.61. The van der Waals surface area contributed by atoms with E-state index in [4.69, 9.17) is 14.7 Å². The van der Waals surface area contributed by atoms with E-state index in [0.29, 0.717) is 5.75 Å². The molecular weight excluding hydrogens is 170 g/mol. The molecule has 0 amide bonds. The maximum atomic E-state index is 8.10. The van der Waals surface area contributed by atoms with Gasteiger partial charge in [0.1, 0.15) is 18.1 Å². The molecule has 0 aliphatic carbocycles. The van der Waals surface area contributed by atoms with E-state index in [2.05, 4.69) is 5.16 Å². The van der Waals surface area contributed by atoms with Crippen LogP contribution >= 0.6 is 0 Å². The molecule has 0 heterocycles. The minimum atomic E-state index is 0.253. The average molecular weight is 181 g/mol. The van der Waals surface area contributed by atoms with Gasteiger partial charge >= 0.3 is 0 Å². The summed E-state index contributed by atoms with van der Waals surface area (Å²) in [6, 6.07) is 7.16. The Morgan fingerprint density at radius 2 is 1.92 bits per heavy atom. The monoisotopic (exact) mass is 181 g/mol. The van der Waals surface area contributed by atoms with Gasteiger partial charge in [-0.25, -0.2) is 0 Å². The zero-order valence-electron chi connectivity index (χ0n) is 7.30. The smallest absolute Gasteiger partial charge is 0.127 e. The summed E-state index contributed by atoms with van der Waals surface area (Å²) in [6.07, 6.45) is 1.27. The van der Waals surface area contributed by atoms with Gasteiger partial charge in [0.15, 0.2) is 0 Å². The third-order valence-electron chi connectivity index (χ3n) is 1.47. The van der Waals surface area contributed by atoms with Gasteiger partial charge in [-0.05, 0) is 24.3 Å². The topological polar surface area (TPSA) is 51.0 Å². The number of nitrogens with zero attached hydrogens (tertiary/aromatic N) is 1. The van der Waals surface area contributed by atoms with Crippen LogP contribution in [0.4, 0.5) is 0 Å². The Kier molecular flexibility index (Phi) is 3.63. The van der Waals surface area contributed by atoms with Crippen LogP contribution in [-0.2, 0) is 0 Å². The Bertz CT molecular complexity index is 269. The highest BCUT2D eigenvalue weighted by Crippen LogP contribution is 2.16. The second-order valence-electron chi connectivity index (χ2n) is 2.28. The summed E-state index contributed by atoms with van der Waals surface area (Å²) in [5.74, 6) is 1.49. The van der Waals surface area contributed by atoms with Crippen molar-refractivity contribution in [3.63, 3.8) is 0 Å². The minimum Gasteiger partial charge on any atom is -0.497 e. The number of methoxy groups -OCH3 is 1. The first kappa shape index (κ1) is 9.38. The van der Waals surface area contributed by atoms with Gasteiger partial charge in [-0.3, -0.25) is 0 Å². The molecule has 1 aromatic rings. The van der Waals surface area contributed by atoms with E-state index in [1.54, 1.807) is 31.4 Å². The maximum Gasteiger partial charge on any atom is 0.127 e. The van der Waals surface area contributed by atoms with Crippen LogP contribution in [-0.4, -0.2) is 25.1 Å². The zero-order valence-corrected chi connectivity index (χ0v) is 7.30. The first-order valence-electron chi connectivity index (χ1n) is 3.79. The minimum absolute atomic E-state index is 0.253. The Morgan fingerprint density at radius 3 is 2.46 bits per heavy atom. The third-order valence-corrected chi connectivity index (χ3v) is 1.47. The normalized spacial score (nSPS) is 10.2. The summed E-state index contributed by atoms with van der Waals surface area (Å²) in [6.45, 7) is 0.253.